The summed E-state index contributed by atoms with van der Waals surface area (Å²) in [6.07, 6.45) is 0.183. The van der Waals surface area contributed by atoms with Gasteiger partial charge in [0, 0.05) is 6.07 Å². The number of anilines is 1. The number of carbonyl (C=O) groups is 1. The molecule has 2 aromatic carbocycles. The van der Waals surface area contributed by atoms with E-state index in [9.17, 15) is 4.79 Å². The molecule has 0 saturated carbocycles. The number of methoxy groups -OCH3 is 2. The van der Waals surface area contributed by atoms with Crippen LogP contribution in [0, 0.1) is 13.8 Å². The van der Waals surface area contributed by atoms with Crippen LogP contribution in [0.15, 0.2) is 36.4 Å². The summed E-state index contributed by atoms with van der Waals surface area (Å²) in [5, 5.41) is 9.51. The zero-order valence-electron chi connectivity index (χ0n) is 16.9. The van der Waals surface area contributed by atoms with E-state index < -0.39 is 0 Å². The minimum absolute atomic E-state index is 0.183. The second-order valence-corrected chi connectivity index (χ2v) is 6.54. The van der Waals surface area contributed by atoms with Crippen LogP contribution in [0.3, 0.4) is 0 Å². The molecule has 0 aliphatic rings. The number of nitrogens with zero attached hydrogens (tertiary/aromatic N) is 2. The Bertz CT molecular complexity index is 980. The molecule has 0 saturated heterocycles. The molecule has 1 heterocycles. The van der Waals surface area contributed by atoms with Crippen LogP contribution in [0.2, 0.25) is 0 Å². The predicted molar refractivity (Wildman–Crippen MR) is 110 cm³/mol. The molecule has 0 aliphatic heterocycles. The zero-order valence-corrected chi connectivity index (χ0v) is 16.9. The fourth-order valence-electron chi connectivity index (χ4n) is 2.90. The summed E-state index contributed by atoms with van der Waals surface area (Å²) >= 11 is 0. The Hall–Kier alpha value is -3.55. The van der Waals surface area contributed by atoms with Gasteiger partial charge in [-0.25, -0.2) is 0 Å². The second kappa shape index (κ2) is 9.09. The van der Waals surface area contributed by atoms with Gasteiger partial charge in [0.25, 0.3) is 0 Å². The van der Waals surface area contributed by atoms with E-state index in [4.69, 9.17) is 14.2 Å². The number of aryl methyl sites for hydroxylation is 2. The third-order valence-corrected chi connectivity index (χ3v) is 4.19. The first-order chi connectivity index (χ1) is 14.0. The smallest absolute Gasteiger partial charge is 0.249 e. The maximum absolute atomic E-state index is 12.2. The maximum Gasteiger partial charge on any atom is 0.249 e. The topological polar surface area (TPSA) is 98.4 Å². The summed E-state index contributed by atoms with van der Waals surface area (Å²) in [4.78, 5) is 16.5. The monoisotopic (exact) mass is 396 g/mol. The van der Waals surface area contributed by atoms with Gasteiger partial charge >= 0.3 is 0 Å². The van der Waals surface area contributed by atoms with E-state index in [1.165, 1.54) is 0 Å². The fraction of sp³-hybridized carbons (Fsp3) is 0.286. The second-order valence-electron chi connectivity index (χ2n) is 6.54. The summed E-state index contributed by atoms with van der Waals surface area (Å²) in [6, 6.07) is 11.3. The molecule has 29 heavy (non-hydrogen) atoms. The van der Waals surface area contributed by atoms with Gasteiger partial charge in [-0.15, -0.1) is 5.10 Å². The number of benzene rings is 2. The number of hydrogen-bond acceptors (Lipinski definition) is 6. The zero-order chi connectivity index (χ0) is 20.8. The molecule has 1 aromatic heterocycles. The van der Waals surface area contributed by atoms with Gasteiger partial charge in [-0.1, -0.05) is 6.07 Å². The van der Waals surface area contributed by atoms with Crippen LogP contribution in [0.4, 0.5) is 5.95 Å². The van der Waals surface area contributed by atoms with Crippen LogP contribution in [0.25, 0.3) is 11.4 Å². The molecule has 0 spiro atoms. The Balaban J connectivity index is 1.58. The van der Waals surface area contributed by atoms with Crippen molar-refractivity contribution in [3.63, 3.8) is 0 Å². The molecule has 0 radical (unpaired) electrons. The Morgan fingerprint density at radius 2 is 1.79 bits per heavy atom. The lowest BCUT2D eigenvalue weighted by molar-refractivity contribution is -0.116. The molecular formula is C21H24N4O4. The summed E-state index contributed by atoms with van der Waals surface area (Å²) < 4.78 is 16.2. The minimum Gasteiger partial charge on any atom is -0.497 e. The number of amides is 1. The average Bonchev–Trinajstić information content (AvgIpc) is 3.14. The van der Waals surface area contributed by atoms with Gasteiger partial charge in [0.2, 0.25) is 11.9 Å². The summed E-state index contributed by atoms with van der Waals surface area (Å²) in [7, 11) is 3.15. The van der Waals surface area contributed by atoms with Gasteiger partial charge < -0.3 is 14.2 Å². The molecule has 8 heteroatoms. The highest BCUT2D eigenvalue weighted by Crippen LogP contribution is 2.31. The van der Waals surface area contributed by atoms with E-state index in [1.807, 2.05) is 32.0 Å². The number of aromatic amines is 1. The van der Waals surface area contributed by atoms with E-state index in [0.717, 1.165) is 16.9 Å². The molecule has 2 N–H and O–H groups in total. The fourth-order valence-corrected chi connectivity index (χ4v) is 2.90. The van der Waals surface area contributed by atoms with Gasteiger partial charge in [-0.2, -0.15) is 4.98 Å². The maximum atomic E-state index is 12.2. The molecule has 0 bridgehead atoms. The van der Waals surface area contributed by atoms with Crippen LogP contribution < -0.4 is 19.5 Å². The largest absolute Gasteiger partial charge is 0.497 e. The molecule has 0 atom stereocenters. The molecule has 8 nitrogen and oxygen atoms in total. The lowest BCUT2D eigenvalue weighted by atomic mass is 10.1. The van der Waals surface area contributed by atoms with Crippen molar-refractivity contribution < 1.29 is 19.0 Å². The van der Waals surface area contributed by atoms with Crippen LogP contribution in [0.5, 0.6) is 17.2 Å². The van der Waals surface area contributed by atoms with Gasteiger partial charge in [-0.3, -0.25) is 15.2 Å². The van der Waals surface area contributed by atoms with Crippen molar-refractivity contribution in [2.75, 3.05) is 26.1 Å². The summed E-state index contributed by atoms with van der Waals surface area (Å²) in [5.41, 5.74) is 2.94. The summed E-state index contributed by atoms with van der Waals surface area (Å²) in [6.45, 7) is 4.27. The Labute approximate surface area is 169 Å². The van der Waals surface area contributed by atoms with Gasteiger partial charge in [-0.05, 0) is 49.2 Å². The number of rotatable bonds is 8. The minimum atomic E-state index is -0.235. The molecule has 3 rings (SSSR count). The highest BCUT2D eigenvalue weighted by atomic mass is 16.5. The van der Waals surface area contributed by atoms with Crippen molar-refractivity contribution in [2.24, 2.45) is 0 Å². The van der Waals surface area contributed by atoms with Crippen LogP contribution in [-0.2, 0) is 4.79 Å². The normalized spacial score (nSPS) is 10.5. The predicted octanol–water partition coefficient (Wildman–Crippen LogP) is 3.51. The number of H-pyrrole nitrogens is 1. The van der Waals surface area contributed by atoms with Crippen molar-refractivity contribution in [3.8, 4) is 28.6 Å². The molecule has 0 fully saturated rings. The van der Waals surface area contributed by atoms with Gasteiger partial charge in [0.15, 0.2) is 5.82 Å². The summed E-state index contributed by atoms with van der Waals surface area (Å²) in [5.74, 6) is 2.44. The van der Waals surface area contributed by atoms with Crippen molar-refractivity contribution in [1.29, 1.82) is 0 Å². The first-order valence-corrected chi connectivity index (χ1v) is 9.14. The van der Waals surface area contributed by atoms with Crippen molar-refractivity contribution in [3.05, 3.63) is 47.5 Å². The quantitative estimate of drug-likeness (QED) is 0.605. The van der Waals surface area contributed by atoms with Gasteiger partial charge in [0.05, 0.1) is 32.8 Å². The number of aromatic nitrogens is 3. The van der Waals surface area contributed by atoms with E-state index in [2.05, 4.69) is 26.6 Å². The van der Waals surface area contributed by atoms with Crippen LogP contribution >= 0.6 is 0 Å². The van der Waals surface area contributed by atoms with E-state index in [1.54, 1.807) is 26.4 Å². The first-order valence-electron chi connectivity index (χ1n) is 9.14. The molecule has 152 valence electrons. The first kappa shape index (κ1) is 20.2. The van der Waals surface area contributed by atoms with E-state index >= 15 is 0 Å². The third kappa shape index (κ3) is 5.25. The van der Waals surface area contributed by atoms with E-state index in [0.29, 0.717) is 22.9 Å². The lowest BCUT2D eigenvalue weighted by Gasteiger charge is -2.08. The average molecular weight is 396 g/mol. The lowest BCUT2D eigenvalue weighted by Crippen LogP contribution is -2.16. The molecule has 3 aromatic rings. The Morgan fingerprint density at radius 1 is 1.03 bits per heavy atom. The molecular weight excluding hydrogens is 372 g/mol. The van der Waals surface area contributed by atoms with Crippen LogP contribution in [0.1, 0.15) is 17.5 Å². The van der Waals surface area contributed by atoms with Crippen LogP contribution in [-0.4, -0.2) is 41.9 Å². The number of ether oxygens (including phenoxy) is 3. The third-order valence-electron chi connectivity index (χ3n) is 4.19. The number of nitrogens with one attached hydrogen (secondary N) is 2. The molecule has 0 unspecified atom stereocenters. The Kier molecular flexibility index (Phi) is 6.33. The van der Waals surface area contributed by atoms with Gasteiger partial charge in [0.1, 0.15) is 17.2 Å². The molecule has 0 aliphatic carbocycles. The SMILES string of the molecule is COc1ccc(-c2nc(NC(=O)CCOc3cc(C)cc(C)c3)n[nH]2)c(OC)c1. The standard InChI is InChI=1S/C21H24N4O4/c1-13-9-14(2)11-16(10-13)29-8-7-19(26)22-21-23-20(24-25-21)17-6-5-15(27-3)12-18(17)28-4/h5-6,9-12H,7-8H2,1-4H3,(H2,22,23,24,25,26). The highest BCUT2D eigenvalue weighted by Gasteiger charge is 2.13. The van der Waals surface area contributed by atoms with Crippen molar-refractivity contribution in [2.45, 2.75) is 20.3 Å². The number of hydrogen-bond donors (Lipinski definition) is 2. The molecule has 1 amide bonds. The van der Waals surface area contributed by atoms with E-state index in [-0.39, 0.29) is 24.9 Å². The highest BCUT2D eigenvalue weighted by molar-refractivity contribution is 5.89. The Morgan fingerprint density at radius 3 is 2.48 bits per heavy atom. The van der Waals surface area contributed by atoms with Crippen molar-refractivity contribution in [1.82, 2.24) is 15.2 Å². The number of carbonyl (C=O) groups excluding carboxylic acids is 1. The van der Waals surface area contributed by atoms with Crippen molar-refractivity contribution >= 4 is 11.9 Å².